The first-order valence-electron chi connectivity index (χ1n) is 6.41. The molecule has 14 heavy (non-hydrogen) atoms. The van der Waals surface area contributed by atoms with E-state index in [2.05, 4.69) is 10.2 Å². The van der Waals surface area contributed by atoms with Crippen molar-refractivity contribution in [3.63, 3.8) is 0 Å². The minimum absolute atomic E-state index is 0.890. The van der Waals surface area contributed by atoms with Crippen LogP contribution in [0.5, 0.6) is 0 Å². The van der Waals surface area contributed by atoms with Crippen molar-refractivity contribution in [2.45, 2.75) is 50.6 Å². The summed E-state index contributed by atoms with van der Waals surface area (Å²) in [6.07, 6.45) is 8.96. The summed E-state index contributed by atoms with van der Waals surface area (Å²) in [7, 11) is 0. The van der Waals surface area contributed by atoms with Gasteiger partial charge >= 0.3 is 0 Å². The highest BCUT2D eigenvalue weighted by atomic mass is 15.3. The Kier molecular flexibility index (Phi) is 2.50. The van der Waals surface area contributed by atoms with Crippen LogP contribution >= 0.6 is 0 Å². The fourth-order valence-corrected chi connectivity index (χ4v) is 3.62. The predicted molar refractivity (Wildman–Crippen MR) is 58.3 cm³/mol. The maximum atomic E-state index is 3.41. The molecule has 2 heterocycles. The van der Waals surface area contributed by atoms with Crippen LogP contribution in [0.3, 0.4) is 0 Å². The van der Waals surface area contributed by atoms with E-state index in [0.717, 1.165) is 18.0 Å². The molecule has 2 atom stereocenters. The van der Waals surface area contributed by atoms with Crippen LogP contribution in [0.1, 0.15) is 38.5 Å². The second kappa shape index (κ2) is 3.82. The van der Waals surface area contributed by atoms with Gasteiger partial charge in [0.05, 0.1) is 0 Å². The fraction of sp³-hybridized carbons (Fsp3) is 1.00. The Morgan fingerprint density at radius 1 is 0.929 bits per heavy atom. The molecule has 1 aliphatic carbocycles. The van der Waals surface area contributed by atoms with Gasteiger partial charge in [-0.3, -0.25) is 4.90 Å². The molecule has 0 amide bonds. The Morgan fingerprint density at radius 3 is 2.50 bits per heavy atom. The zero-order valence-electron chi connectivity index (χ0n) is 9.04. The molecule has 2 aliphatic heterocycles. The van der Waals surface area contributed by atoms with Gasteiger partial charge < -0.3 is 5.32 Å². The molecule has 2 saturated heterocycles. The van der Waals surface area contributed by atoms with Crippen LogP contribution in [-0.4, -0.2) is 36.6 Å². The highest BCUT2D eigenvalue weighted by Gasteiger charge is 2.38. The summed E-state index contributed by atoms with van der Waals surface area (Å²) in [5, 5.41) is 3.41. The van der Waals surface area contributed by atoms with E-state index in [1.54, 1.807) is 0 Å². The number of nitrogens with one attached hydrogen (secondary N) is 1. The smallest absolute Gasteiger partial charge is 0.0348 e. The standard InChI is InChI=1S/C12H22N2/c1-2-6-12-10(4-1)5-3-7-14(12)11-8-13-9-11/h10-13H,1-9H2/t10-,12-/m1/s1. The molecule has 0 aromatic heterocycles. The number of likely N-dealkylation sites (tertiary alicyclic amines) is 1. The lowest BCUT2D eigenvalue weighted by Gasteiger charge is -2.50. The van der Waals surface area contributed by atoms with E-state index in [1.807, 2.05) is 0 Å². The second-order valence-electron chi connectivity index (χ2n) is 5.30. The third-order valence-electron chi connectivity index (χ3n) is 4.52. The maximum absolute atomic E-state index is 3.41. The van der Waals surface area contributed by atoms with Gasteiger partial charge in [0.1, 0.15) is 0 Å². The van der Waals surface area contributed by atoms with E-state index in [4.69, 9.17) is 0 Å². The van der Waals surface area contributed by atoms with Crippen LogP contribution in [-0.2, 0) is 0 Å². The Hall–Kier alpha value is -0.0800. The zero-order valence-corrected chi connectivity index (χ0v) is 9.04. The molecule has 3 rings (SSSR count). The van der Waals surface area contributed by atoms with E-state index in [9.17, 15) is 0 Å². The van der Waals surface area contributed by atoms with Crippen LogP contribution in [0.2, 0.25) is 0 Å². The first kappa shape index (κ1) is 9.17. The Balaban J connectivity index is 1.69. The van der Waals surface area contributed by atoms with Crippen LogP contribution in [0.15, 0.2) is 0 Å². The summed E-state index contributed by atoms with van der Waals surface area (Å²) in [5.41, 5.74) is 0. The van der Waals surface area contributed by atoms with Crippen molar-refractivity contribution in [3.8, 4) is 0 Å². The minimum atomic E-state index is 0.890. The number of piperidine rings is 1. The molecule has 0 bridgehead atoms. The molecular weight excluding hydrogens is 172 g/mol. The second-order valence-corrected chi connectivity index (χ2v) is 5.30. The number of rotatable bonds is 1. The van der Waals surface area contributed by atoms with Gasteiger partial charge in [-0.2, -0.15) is 0 Å². The van der Waals surface area contributed by atoms with E-state index >= 15 is 0 Å². The molecule has 1 N–H and O–H groups in total. The van der Waals surface area contributed by atoms with Gasteiger partial charge in [0.2, 0.25) is 0 Å². The quantitative estimate of drug-likeness (QED) is 0.682. The average molecular weight is 194 g/mol. The molecule has 2 nitrogen and oxygen atoms in total. The van der Waals surface area contributed by atoms with Gasteiger partial charge in [0.15, 0.2) is 0 Å². The molecule has 0 aromatic carbocycles. The minimum Gasteiger partial charge on any atom is -0.314 e. The van der Waals surface area contributed by atoms with Gasteiger partial charge in [0, 0.05) is 25.2 Å². The van der Waals surface area contributed by atoms with Crippen LogP contribution in [0.25, 0.3) is 0 Å². The first-order chi connectivity index (χ1) is 6.95. The van der Waals surface area contributed by atoms with E-state index in [1.165, 1.54) is 58.2 Å². The van der Waals surface area contributed by atoms with Gasteiger partial charge in [-0.15, -0.1) is 0 Å². The Bertz CT molecular complexity index is 196. The van der Waals surface area contributed by atoms with Crippen molar-refractivity contribution in [2.75, 3.05) is 19.6 Å². The molecule has 3 fully saturated rings. The molecular formula is C12H22N2. The molecule has 0 radical (unpaired) electrons. The summed E-state index contributed by atoms with van der Waals surface area (Å²) in [4.78, 5) is 2.84. The molecule has 0 spiro atoms. The van der Waals surface area contributed by atoms with Crippen molar-refractivity contribution in [1.29, 1.82) is 0 Å². The molecule has 3 aliphatic rings. The number of hydrogen-bond donors (Lipinski definition) is 1. The Morgan fingerprint density at radius 2 is 1.71 bits per heavy atom. The van der Waals surface area contributed by atoms with Gasteiger partial charge in [-0.25, -0.2) is 0 Å². The van der Waals surface area contributed by atoms with Crippen LogP contribution in [0, 0.1) is 5.92 Å². The van der Waals surface area contributed by atoms with Gasteiger partial charge in [0.25, 0.3) is 0 Å². The third kappa shape index (κ3) is 1.49. The summed E-state index contributed by atoms with van der Waals surface area (Å²) in [6.45, 7) is 3.89. The third-order valence-corrected chi connectivity index (χ3v) is 4.52. The van der Waals surface area contributed by atoms with E-state index in [0.29, 0.717) is 0 Å². The lowest BCUT2D eigenvalue weighted by molar-refractivity contribution is 0.00806. The summed E-state index contributed by atoms with van der Waals surface area (Å²) >= 11 is 0. The first-order valence-corrected chi connectivity index (χ1v) is 6.41. The van der Waals surface area contributed by atoms with E-state index in [-0.39, 0.29) is 0 Å². The van der Waals surface area contributed by atoms with Crippen molar-refractivity contribution in [1.82, 2.24) is 10.2 Å². The van der Waals surface area contributed by atoms with Crippen molar-refractivity contribution in [2.24, 2.45) is 5.92 Å². The monoisotopic (exact) mass is 194 g/mol. The SMILES string of the molecule is C1CC[C@@H]2[C@H](C1)CCCN2C1CNC1. The summed E-state index contributed by atoms with van der Waals surface area (Å²) in [6, 6.07) is 1.85. The topological polar surface area (TPSA) is 15.3 Å². The molecule has 0 aromatic rings. The lowest BCUT2D eigenvalue weighted by Crippen LogP contribution is -2.63. The number of fused-ring (bicyclic) bond motifs is 1. The molecule has 0 unspecified atom stereocenters. The normalized spacial score (nSPS) is 40.3. The zero-order chi connectivity index (χ0) is 9.38. The van der Waals surface area contributed by atoms with Crippen LogP contribution in [0.4, 0.5) is 0 Å². The van der Waals surface area contributed by atoms with Crippen molar-refractivity contribution >= 4 is 0 Å². The van der Waals surface area contributed by atoms with E-state index < -0.39 is 0 Å². The lowest BCUT2D eigenvalue weighted by atomic mass is 9.77. The van der Waals surface area contributed by atoms with Crippen molar-refractivity contribution < 1.29 is 0 Å². The fourth-order valence-electron chi connectivity index (χ4n) is 3.62. The number of hydrogen-bond acceptors (Lipinski definition) is 2. The molecule has 80 valence electrons. The van der Waals surface area contributed by atoms with Gasteiger partial charge in [-0.1, -0.05) is 12.8 Å². The average Bonchev–Trinajstić information content (AvgIpc) is 2.16. The van der Waals surface area contributed by atoms with Gasteiger partial charge in [-0.05, 0) is 38.1 Å². The molecule has 1 saturated carbocycles. The highest BCUT2D eigenvalue weighted by molar-refractivity contribution is 4.94. The summed E-state index contributed by atoms with van der Waals surface area (Å²) in [5.74, 6) is 1.05. The predicted octanol–water partition coefficient (Wildman–Crippen LogP) is 1.61. The molecule has 2 heteroatoms. The van der Waals surface area contributed by atoms with Crippen molar-refractivity contribution in [3.05, 3.63) is 0 Å². The largest absolute Gasteiger partial charge is 0.314 e. The number of nitrogens with zero attached hydrogens (tertiary/aromatic N) is 1. The van der Waals surface area contributed by atoms with Crippen LogP contribution < -0.4 is 5.32 Å². The summed E-state index contributed by atoms with van der Waals surface area (Å²) < 4.78 is 0. The maximum Gasteiger partial charge on any atom is 0.0348 e. The highest BCUT2D eigenvalue weighted by Crippen LogP contribution is 2.36. The Labute approximate surface area is 87.0 Å².